The Bertz CT molecular complexity index is 909. The van der Waals surface area contributed by atoms with Crippen LogP contribution in [0.1, 0.15) is 24.6 Å². The summed E-state index contributed by atoms with van der Waals surface area (Å²) in [5, 5.41) is 4.45. The van der Waals surface area contributed by atoms with Gasteiger partial charge in [0.15, 0.2) is 11.6 Å². The van der Waals surface area contributed by atoms with Crippen molar-refractivity contribution in [3.8, 4) is 5.69 Å². The lowest BCUT2D eigenvalue weighted by molar-refractivity contribution is -0.208. The van der Waals surface area contributed by atoms with Crippen LogP contribution in [0.25, 0.3) is 11.8 Å². The second-order valence-corrected chi connectivity index (χ2v) is 7.06. The fraction of sp³-hybridized carbons (Fsp3) is 0.368. The Morgan fingerprint density at radius 3 is 2.60 bits per heavy atom. The molecule has 1 aliphatic heterocycles. The highest BCUT2D eigenvalue weighted by Gasteiger charge is 2.63. The Morgan fingerprint density at radius 2 is 1.88 bits per heavy atom. The molecule has 0 bridgehead atoms. The zero-order valence-corrected chi connectivity index (χ0v) is 13.8. The monoisotopic (exact) mass is 340 g/mol. The Hall–Kier alpha value is -2.31. The third-order valence-electron chi connectivity index (χ3n) is 5.67. The molecule has 1 aromatic carbocycles. The van der Waals surface area contributed by atoms with Gasteiger partial charge in [0, 0.05) is 5.57 Å². The molecule has 128 valence electrons. The summed E-state index contributed by atoms with van der Waals surface area (Å²) in [5.74, 6) is -1.09. The van der Waals surface area contributed by atoms with E-state index in [4.69, 9.17) is 9.47 Å². The molecule has 1 spiro atoms. The van der Waals surface area contributed by atoms with Gasteiger partial charge in [-0.1, -0.05) is 0 Å². The number of nitrogens with zero attached hydrogens (tertiary/aromatic N) is 2. The van der Waals surface area contributed by atoms with Gasteiger partial charge in [0.25, 0.3) is 0 Å². The largest absolute Gasteiger partial charge is 0.346 e. The summed E-state index contributed by atoms with van der Waals surface area (Å²) < 4.78 is 26.8. The topological polar surface area (TPSA) is 53.4 Å². The molecule has 1 unspecified atom stereocenters. The van der Waals surface area contributed by atoms with Gasteiger partial charge in [0.05, 0.1) is 42.6 Å². The predicted octanol–water partition coefficient (Wildman–Crippen LogP) is 2.67. The molecular weight excluding hydrogens is 323 g/mol. The highest BCUT2D eigenvalue weighted by molar-refractivity contribution is 6.05. The number of carbonyl (C=O) groups is 1. The van der Waals surface area contributed by atoms with E-state index in [2.05, 4.69) is 5.10 Å². The molecule has 1 saturated carbocycles. The lowest BCUT2D eigenvalue weighted by Gasteiger charge is -2.40. The standard InChI is InChI=1S/C19H17FN2O3/c1-18-9-12-11-21-22(14-4-2-13(20)3-5-14)16(12)8-15(18)17(23)10-19(18)24-6-7-25-19/h2-5,8,11H,6-7,9-10H2,1H3. The van der Waals surface area contributed by atoms with Crippen LogP contribution in [-0.2, 0) is 20.7 Å². The van der Waals surface area contributed by atoms with Gasteiger partial charge in [-0.15, -0.1) is 0 Å². The van der Waals surface area contributed by atoms with Crippen molar-refractivity contribution in [1.29, 1.82) is 0 Å². The molecule has 6 heteroatoms. The van der Waals surface area contributed by atoms with Gasteiger partial charge >= 0.3 is 0 Å². The molecule has 25 heavy (non-hydrogen) atoms. The Balaban J connectivity index is 1.64. The fourth-order valence-corrected chi connectivity index (χ4v) is 4.35. The summed E-state index contributed by atoms with van der Waals surface area (Å²) >= 11 is 0. The van der Waals surface area contributed by atoms with Crippen LogP contribution in [-0.4, -0.2) is 34.6 Å². The fourth-order valence-electron chi connectivity index (χ4n) is 4.35. The number of benzene rings is 1. The van der Waals surface area contributed by atoms with E-state index >= 15 is 0 Å². The Morgan fingerprint density at radius 1 is 1.16 bits per heavy atom. The second-order valence-electron chi connectivity index (χ2n) is 7.06. The first-order chi connectivity index (χ1) is 12.0. The maximum Gasteiger partial charge on any atom is 0.185 e. The van der Waals surface area contributed by atoms with Gasteiger partial charge in [-0.2, -0.15) is 5.10 Å². The summed E-state index contributed by atoms with van der Waals surface area (Å²) in [6.45, 7) is 3.06. The van der Waals surface area contributed by atoms with Crippen LogP contribution in [0.3, 0.4) is 0 Å². The van der Waals surface area contributed by atoms with Crippen molar-refractivity contribution in [3.63, 3.8) is 0 Å². The number of rotatable bonds is 1. The molecule has 0 amide bonds. The van der Waals surface area contributed by atoms with Crippen LogP contribution in [0.4, 0.5) is 4.39 Å². The van der Waals surface area contributed by atoms with Gasteiger partial charge < -0.3 is 9.47 Å². The average Bonchev–Trinajstić information content (AvgIpc) is 3.26. The van der Waals surface area contributed by atoms with E-state index in [0.29, 0.717) is 19.6 Å². The van der Waals surface area contributed by atoms with Gasteiger partial charge in [-0.05, 0) is 49.2 Å². The van der Waals surface area contributed by atoms with Crippen LogP contribution in [0, 0.1) is 11.2 Å². The molecule has 2 heterocycles. The number of fused-ring (bicyclic) bond motifs is 3. The number of hydrogen-bond acceptors (Lipinski definition) is 4. The van der Waals surface area contributed by atoms with E-state index in [1.54, 1.807) is 16.8 Å². The Labute approximate surface area is 144 Å². The van der Waals surface area contributed by atoms with Gasteiger partial charge in [-0.25, -0.2) is 9.07 Å². The van der Waals surface area contributed by atoms with E-state index in [0.717, 1.165) is 22.5 Å². The first-order valence-electron chi connectivity index (χ1n) is 8.39. The van der Waals surface area contributed by atoms with Crippen LogP contribution in [0.5, 0.6) is 0 Å². The highest BCUT2D eigenvalue weighted by atomic mass is 19.1. The summed E-state index contributed by atoms with van der Waals surface area (Å²) in [4.78, 5) is 12.7. The molecule has 1 atom stereocenters. The van der Waals surface area contributed by atoms with Crippen LogP contribution < -0.4 is 0 Å². The predicted molar refractivity (Wildman–Crippen MR) is 87.6 cm³/mol. The summed E-state index contributed by atoms with van der Waals surface area (Å²) in [6, 6.07) is 6.16. The molecule has 0 N–H and O–H groups in total. The minimum Gasteiger partial charge on any atom is -0.346 e. The molecule has 2 fully saturated rings. The van der Waals surface area contributed by atoms with Crippen molar-refractivity contribution in [3.05, 3.63) is 53.1 Å². The van der Waals surface area contributed by atoms with Gasteiger partial charge in [-0.3, -0.25) is 4.79 Å². The minimum atomic E-state index is -0.856. The van der Waals surface area contributed by atoms with Crippen molar-refractivity contribution < 1.29 is 18.7 Å². The lowest BCUT2D eigenvalue weighted by atomic mass is 9.72. The number of carbonyl (C=O) groups excluding carboxylic acids is 1. The highest BCUT2D eigenvalue weighted by Crippen LogP contribution is 2.57. The van der Waals surface area contributed by atoms with Crippen LogP contribution in [0.2, 0.25) is 0 Å². The number of aromatic nitrogens is 2. The normalized spacial score (nSPS) is 26.6. The van der Waals surface area contributed by atoms with E-state index in [-0.39, 0.29) is 18.0 Å². The van der Waals surface area contributed by atoms with Crippen molar-refractivity contribution in [2.24, 2.45) is 5.41 Å². The van der Waals surface area contributed by atoms with Crippen molar-refractivity contribution in [2.75, 3.05) is 13.2 Å². The molecule has 5 rings (SSSR count). The van der Waals surface area contributed by atoms with Crippen molar-refractivity contribution >= 4 is 11.9 Å². The smallest absolute Gasteiger partial charge is 0.185 e. The van der Waals surface area contributed by atoms with E-state index in [1.807, 2.05) is 19.2 Å². The molecule has 5 nitrogen and oxygen atoms in total. The SMILES string of the molecule is CC12Cc3cnn(-c4ccc(F)cc4)c3C=C1C(=O)CC21OCCO1. The van der Waals surface area contributed by atoms with Gasteiger partial charge in [0.2, 0.25) is 0 Å². The minimum absolute atomic E-state index is 0.0573. The molecule has 1 saturated heterocycles. The number of ether oxygens (including phenoxy) is 2. The summed E-state index contributed by atoms with van der Waals surface area (Å²) in [6.07, 6.45) is 4.59. The summed E-state index contributed by atoms with van der Waals surface area (Å²) in [5.41, 5.74) is 2.87. The molecule has 3 aliphatic rings. The quantitative estimate of drug-likeness (QED) is 0.801. The van der Waals surface area contributed by atoms with E-state index in [9.17, 15) is 9.18 Å². The first-order valence-corrected chi connectivity index (χ1v) is 8.39. The van der Waals surface area contributed by atoms with Crippen molar-refractivity contribution in [2.45, 2.75) is 25.6 Å². The number of halogens is 1. The maximum atomic E-state index is 13.2. The van der Waals surface area contributed by atoms with Crippen LogP contribution >= 0.6 is 0 Å². The maximum absolute atomic E-state index is 13.2. The zero-order valence-electron chi connectivity index (χ0n) is 13.8. The Kier molecular flexibility index (Phi) is 2.92. The number of Topliss-reactive ketones (excluding diaryl/α,β-unsaturated/α-hetero) is 1. The molecule has 2 aliphatic carbocycles. The summed E-state index contributed by atoms with van der Waals surface area (Å²) in [7, 11) is 0. The average molecular weight is 340 g/mol. The molecule has 1 aromatic heterocycles. The van der Waals surface area contributed by atoms with Gasteiger partial charge in [0.1, 0.15) is 5.82 Å². The van der Waals surface area contributed by atoms with E-state index < -0.39 is 11.2 Å². The number of hydrogen-bond donors (Lipinski definition) is 0. The second kappa shape index (κ2) is 4.86. The first kappa shape index (κ1) is 15.0. The zero-order chi connectivity index (χ0) is 17.2. The van der Waals surface area contributed by atoms with E-state index in [1.165, 1.54) is 12.1 Å². The molecule has 2 aromatic rings. The van der Waals surface area contributed by atoms with Crippen LogP contribution in [0.15, 0.2) is 36.0 Å². The third-order valence-corrected chi connectivity index (χ3v) is 5.67. The van der Waals surface area contributed by atoms with Crippen molar-refractivity contribution in [1.82, 2.24) is 9.78 Å². The lowest BCUT2D eigenvalue weighted by Crippen LogP contribution is -2.46. The molecule has 0 radical (unpaired) electrons. The molecular formula is C19H17FN2O3. The number of ketones is 1. The third kappa shape index (κ3) is 1.89.